The molecule has 0 bridgehead atoms. The minimum absolute atomic E-state index is 0.293. The van der Waals surface area contributed by atoms with Gasteiger partial charge in [-0.1, -0.05) is 13.8 Å². The molecule has 2 rings (SSSR count). The second-order valence-electron chi connectivity index (χ2n) is 3.79. The second-order valence-corrected chi connectivity index (χ2v) is 3.79. The minimum Gasteiger partial charge on any atom is -0.464 e. The van der Waals surface area contributed by atoms with Crippen molar-refractivity contribution in [3.05, 3.63) is 17.5 Å². The maximum absolute atomic E-state index is 11.4. The lowest BCUT2D eigenvalue weighted by molar-refractivity contribution is 0.0593. The maximum Gasteiger partial charge on any atom is 0.356 e. The summed E-state index contributed by atoms with van der Waals surface area (Å²) >= 11 is 0. The van der Waals surface area contributed by atoms with E-state index in [0.29, 0.717) is 24.9 Å². The van der Waals surface area contributed by atoms with Gasteiger partial charge in [0.25, 0.3) is 0 Å². The largest absolute Gasteiger partial charge is 0.464 e. The van der Waals surface area contributed by atoms with Crippen molar-refractivity contribution < 1.29 is 14.3 Å². The average Bonchev–Trinajstić information content (AvgIpc) is 2.48. The number of carbonyl (C=O) groups excluding carboxylic acids is 1. The van der Waals surface area contributed by atoms with E-state index < -0.39 is 5.97 Å². The summed E-state index contributed by atoms with van der Waals surface area (Å²) in [5.74, 6) is 0.124. The van der Waals surface area contributed by atoms with E-state index in [-0.39, 0.29) is 0 Å². The van der Waals surface area contributed by atoms with Crippen LogP contribution in [0, 0.1) is 6.92 Å². The highest BCUT2D eigenvalue weighted by molar-refractivity contribution is 5.87. The summed E-state index contributed by atoms with van der Waals surface area (Å²) in [5, 5.41) is 0. The maximum atomic E-state index is 11.4. The van der Waals surface area contributed by atoms with Crippen LogP contribution in [0.5, 0.6) is 0 Å². The highest BCUT2D eigenvalue weighted by atomic mass is 16.5. The zero-order valence-corrected chi connectivity index (χ0v) is 12.0. The van der Waals surface area contributed by atoms with E-state index in [9.17, 15) is 4.79 Å². The summed E-state index contributed by atoms with van der Waals surface area (Å²) in [6.45, 7) is 8.63. The van der Waals surface area contributed by atoms with Crippen molar-refractivity contribution in [2.24, 2.45) is 0 Å². The van der Waals surface area contributed by atoms with E-state index in [2.05, 4.69) is 14.7 Å². The molecule has 0 unspecified atom stereocenters. The van der Waals surface area contributed by atoms with E-state index in [1.165, 1.54) is 7.11 Å². The summed E-state index contributed by atoms with van der Waals surface area (Å²) in [4.78, 5) is 22.0. The van der Waals surface area contributed by atoms with Gasteiger partial charge in [0.2, 0.25) is 5.95 Å². The molecule has 0 saturated carbocycles. The lowest BCUT2D eigenvalue weighted by atomic mass is 10.3. The van der Waals surface area contributed by atoms with E-state index >= 15 is 0 Å². The number of hydrogen-bond donors (Lipinski definition) is 0. The Balaban J connectivity index is 0.000000861. The van der Waals surface area contributed by atoms with Crippen molar-refractivity contribution in [3.63, 3.8) is 0 Å². The van der Waals surface area contributed by atoms with Crippen LogP contribution < -0.4 is 4.90 Å². The van der Waals surface area contributed by atoms with Crippen molar-refractivity contribution >= 4 is 11.9 Å². The molecule has 19 heavy (non-hydrogen) atoms. The van der Waals surface area contributed by atoms with Crippen molar-refractivity contribution in [3.8, 4) is 0 Å². The van der Waals surface area contributed by atoms with Gasteiger partial charge in [-0.2, -0.15) is 0 Å². The second kappa shape index (κ2) is 7.68. The van der Waals surface area contributed by atoms with Crippen molar-refractivity contribution in [1.82, 2.24) is 9.97 Å². The number of carbonyl (C=O) groups is 1. The van der Waals surface area contributed by atoms with Crippen LogP contribution in [-0.2, 0) is 9.47 Å². The number of ether oxygens (including phenoxy) is 2. The van der Waals surface area contributed by atoms with E-state index in [0.717, 1.165) is 18.8 Å². The lowest BCUT2D eigenvalue weighted by Crippen LogP contribution is -2.37. The van der Waals surface area contributed by atoms with Gasteiger partial charge in [-0.25, -0.2) is 14.8 Å². The molecule has 1 saturated heterocycles. The Morgan fingerprint density at radius 3 is 2.53 bits per heavy atom. The number of rotatable bonds is 2. The Morgan fingerprint density at radius 2 is 1.95 bits per heavy atom. The molecule has 0 aliphatic carbocycles. The van der Waals surface area contributed by atoms with Crippen LogP contribution >= 0.6 is 0 Å². The molecule has 1 fully saturated rings. The Kier molecular flexibility index (Phi) is 6.21. The molecule has 1 aliphatic rings. The monoisotopic (exact) mass is 267 g/mol. The molecule has 1 aromatic rings. The molecule has 1 aliphatic heterocycles. The topological polar surface area (TPSA) is 64.5 Å². The number of hydrogen-bond acceptors (Lipinski definition) is 6. The number of morpholine rings is 1. The fraction of sp³-hybridized carbons (Fsp3) is 0.615. The number of methoxy groups -OCH3 is 1. The molecule has 0 atom stereocenters. The molecular weight excluding hydrogens is 246 g/mol. The summed E-state index contributed by atoms with van der Waals surface area (Å²) in [6.07, 6.45) is 0. The molecule has 0 aromatic carbocycles. The molecule has 106 valence electrons. The third-order valence-electron chi connectivity index (χ3n) is 2.53. The average molecular weight is 267 g/mol. The van der Waals surface area contributed by atoms with Gasteiger partial charge in [0.05, 0.1) is 20.3 Å². The fourth-order valence-corrected chi connectivity index (χ4v) is 1.67. The Hall–Kier alpha value is -1.69. The van der Waals surface area contributed by atoms with Crippen LogP contribution in [0.1, 0.15) is 30.0 Å². The smallest absolute Gasteiger partial charge is 0.356 e. The van der Waals surface area contributed by atoms with Crippen molar-refractivity contribution in [2.75, 3.05) is 38.3 Å². The molecule has 2 heterocycles. The van der Waals surface area contributed by atoms with Crippen molar-refractivity contribution in [1.29, 1.82) is 0 Å². The molecule has 6 heteroatoms. The SMILES string of the molecule is CC.COC(=O)c1cc(C)nc(N2CCOCC2)n1. The van der Waals surface area contributed by atoms with Gasteiger partial charge in [-0.05, 0) is 13.0 Å². The number of aryl methyl sites for hydroxylation is 1. The minimum atomic E-state index is -0.440. The molecule has 1 aromatic heterocycles. The highest BCUT2D eigenvalue weighted by Gasteiger charge is 2.17. The summed E-state index contributed by atoms with van der Waals surface area (Å²) in [6, 6.07) is 1.62. The molecule has 0 N–H and O–H groups in total. The predicted molar refractivity (Wildman–Crippen MR) is 72.5 cm³/mol. The van der Waals surface area contributed by atoms with E-state index in [1.54, 1.807) is 6.07 Å². The van der Waals surface area contributed by atoms with E-state index in [4.69, 9.17) is 4.74 Å². The Morgan fingerprint density at radius 1 is 1.32 bits per heavy atom. The summed E-state index contributed by atoms with van der Waals surface area (Å²) in [7, 11) is 1.34. The van der Waals surface area contributed by atoms with Crippen LogP contribution in [0.3, 0.4) is 0 Å². The van der Waals surface area contributed by atoms with E-state index in [1.807, 2.05) is 25.7 Å². The van der Waals surface area contributed by atoms with Gasteiger partial charge >= 0.3 is 5.97 Å². The number of esters is 1. The lowest BCUT2D eigenvalue weighted by Gasteiger charge is -2.27. The molecule has 0 spiro atoms. The number of anilines is 1. The first kappa shape index (κ1) is 15.4. The van der Waals surface area contributed by atoms with Crippen LogP contribution in [0.4, 0.5) is 5.95 Å². The summed E-state index contributed by atoms with van der Waals surface area (Å²) < 4.78 is 9.92. The highest BCUT2D eigenvalue weighted by Crippen LogP contribution is 2.12. The first-order valence-corrected chi connectivity index (χ1v) is 6.47. The van der Waals surface area contributed by atoms with Gasteiger partial charge in [0.1, 0.15) is 0 Å². The Labute approximate surface area is 113 Å². The third kappa shape index (κ3) is 4.17. The first-order valence-electron chi connectivity index (χ1n) is 6.47. The van der Waals surface area contributed by atoms with Crippen molar-refractivity contribution in [2.45, 2.75) is 20.8 Å². The van der Waals surface area contributed by atoms with Crippen LogP contribution in [-0.4, -0.2) is 49.4 Å². The number of aromatic nitrogens is 2. The van der Waals surface area contributed by atoms with Crippen LogP contribution in [0.2, 0.25) is 0 Å². The molecular formula is C13H21N3O3. The van der Waals surface area contributed by atoms with Gasteiger partial charge in [-0.15, -0.1) is 0 Å². The van der Waals surface area contributed by atoms with Gasteiger partial charge in [0.15, 0.2) is 5.69 Å². The zero-order valence-electron chi connectivity index (χ0n) is 12.0. The van der Waals surface area contributed by atoms with Gasteiger partial charge in [-0.3, -0.25) is 0 Å². The Bertz CT molecular complexity index is 418. The number of nitrogens with zero attached hydrogens (tertiary/aromatic N) is 3. The quantitative estimate of drug-likeness (QED) is 0.755. The molecule has 6 nitrogen and oxygen atoms in total. The first-order chi connectivity index (χ1) is 9.20. The standard InChI is InChI=1S/C11H15N3O3.C2H6/c1-8-7-9(10(15)16-2)13-11(12-8)14-3-5-17-6-4-14;1-2/h7H,3-6H2,1-2H3;1-2H3. The summed E-state index contributed by atoms with van der Waals surface area (Å²) in [5.41, 5.74) is 1.04. The van der Waals surface area contributed by atoms with Gasteiger partial charge < -0.3 is 14.4 Å². The molecule has 0 radical (unpaired) electrons. The van der Waals surface area contributed by atoms with Gasteiger partial charge in [0, 0.05) is 18.8 Å². The zero-order chi connectivity index (χ0) is 14.3. The third-order valence-corrected chi connectivity index (χ3v) is 2.53. The van der Waals surface area contributed by atoms with Crippen LogP contribution in [0.25, 0.3) is 0 Å². The predicted octanol–water partition coefficient (Wildman–Crippen LogP) is 1.43. The molecule has 0 amide bonds. The normalized spacial score (nSPS) is 14.4. The fourth-order valence-electron chi connectivity index (χ4n) is 1.67. The van der Waals surface area contributed by atoms with Crippen LogP contribution in [0.15, 0.2) is 6.07 Å².